The zero-order chi connectivity index (χ0) is 18.7. The van der Waals surface area contributed by atoms with Gasteiger partial charge in [0.15, 0.2) is 0 Å². The summed E-state index contributed by atoms with van der Waals surface area (Å²) < 4.78 is 3.82. The van der Waals surface area contributed by atoms with Gasteiger partial charge in [0.1, 0.15) is 0 Å². The number of hydrogen-bond donors (Lipinski definition) is 1. The van der Waals surface area contributed by atoms with E-state index >= 15 is 0 Å². The third kappa shape index (κ3) is 3.85. The predicted molar refractivity (Wildman–Crippen MR) is 101 cm³/mol. The number of aromatic nitrogens is 4. The zero-order valence-electron chi connectivity index (χ0n) is 15.7. The highest BCUT2D eigenvalue weighted by Crippen LogP contribution is 2.17. The fourth-order valence-corrected chi connectivity index (χ4v) is 3.16. The molecule has 3 aromatic rings. The summed E-state index contributed by atoms with van der Waals surface area (Å²) in [5, 5.41) is 7.49. The Labute approximate surface area is 153 Å². The van der Waals surface area contributed by atoms with Crippen LogP contribution in [0.5, 0.6) is 0 Å². The number of imidazole rings is 1. The number of rotatable bonds is 6. The third-order valence-corrected chi connectivity index (χ3v) is 4.83. The summed E-state index contributed by atoms with van der Waals surface area (Å²) in [4.78, 5) is 16.4. The monoisotopic (exact) mass is 351 g/mol. The van der Waals surface area contributed by atoms with E-state index in [0.29, 0.717) is 12.8 Å². The Morgan fingerprint density at radius 2 is 1.96 bits per heavy atom. The molecule has 0 aliphatic heterocycles. The average Bonchev–Trinajstić information content (AvgIpc) is 3.23. The van der Waals surface area contributed by atoms with Crippen LogP contribution < -0.4 is 5.32 Å². The molecule has 1 unspecified atom stereocenters. The number of aryl methyl sites for hydroxylation is 2. The van der Waals surface area contributed by atoms with Crippen LogP contribution in [0.3, 0.4) is 0 Å². The molecule has 2 aromatic heterocycles. The van der Waals surface area contributed by atoms with Crippen molar-refractivity contribution in [3.63, 3.8) is 0 Å². The van der Waals surface area contributed by atoms with Crippen LogP contribution in [0.15, 0.2) is 43.0 Å². The second kappa shape index (κ2) is 7.56. The van der Waals surface area contributed by atoms with Gasteiger partial charge in [-0.25, -0.2) is 4.98 Å². The van der Waals surface area contributed by atoms with Crippen molar-refractivity contribution >= 4 is 5.91 Å². The maximum atomic E-state index is 12.3. The van der Waals surface area contributed by atoms with E-state index in [0.717, 1.165) is 22.6 Å². The van der Waals surface area contributed by atoms with Gasteiger partial charge in [-0.05, 0) is 50.5 Å². The van der Waals surface area contributed by atoms with E-state index in [1.165, 1.54) is 5.56 Å². The average molecular weight is 351 g/mol. The maximum Gasteiger partial charge on any atom is 0.220 e. The number of hydrogen-bond acceptors (Lipinski definition) is 3. The summed E-state index contributed by atoms with van der Waals surface area (Å²) in [6, 6.07) is 8.10. The van der Waals surface area contributed by atoms with E-state index in [-0.39, 0.29) is 11.9 Å². The van der Waals surface area contributed by atoms with Crippen molar-refractivity contribution in [2.45, 2.75) is 39.7 Å². The van der Waals surface area contributed by atoms with Gasteiger partial charge in [0.25, 0.3) is 0 Å². The van der Waals surface area contributed by atoms with Crippen molar-refractivity contribution in [1.82, 2.24) is 24.6 Å². The van der Waals surface area contributed by atoms with Gasteiger partial charge >= 0.3 is 0 Å². The zero-order valence-corrected chi connectivity index (χ0v) is 15.7. The van der Waals surface area contributed by atoms with E-state index in [1.807, 2.05) is 67.5 Å². The topological polar surface area (TPSA) is 64.7 Å². The number of amides is 1. The molecule has 1 N–H and O–H groups in total. The minimum Gasteiger partial charge on any atom is -0.350 e. The minimum absolute atomic E-state index is 0.0320. The Balaban J connectivity index is 1.57. The molecule has 136 valence electrons. The van der Waals surface area contributed by atoms with Gasteiger partial charge in [-0.3, -0.25) is 9.48 Å². The molecule has 0 aliphatic rings. The van der Waals surface area contributed by atoms with Crippen LogP contribution in [0.25, 0.3) is 5.69 Å². The molecule has 26 heavy (non-hydrogen) atoms. The lowest BCUT2D eigenvalue weighted by Gasteiger charge is -2.15. The first-order chi connectivity index (χ1) is 12.5. The summed E-state index contributed by atoms with van der Waals surface area (Å²) in [6.45, 7) is 6.03. The highest BCUT2D eigenvalue weighted by Gasteiger charge is 2.13. The number of benzene rings is 1. The molecule has 1 atom stereocenters. The number of nitrogens with zero attached hydrogens (tertiary/aromatic N) is 4. The molecule has 6 heteroatoms. The first kappa shape index (κ1) is 17.9. The lowest BCUT2D eigenvalue weighted by atomic mass is 10.1. The Hall–Kier alpha value is -2.89. The second-order valence-electron chi connectivity index (χ2n) is 6.62. The van der Waals surface area contributed by atoms with Crippen LogP contribution >= 0.6 is 0 Å². The van der Waals surface area contributed by atoms with Gasteiger partial charge in [0.05, 0.1) is 18.1 Å². The van der Waals surface area contributed by atoms with E-state index < -0.39 is 0 Å². The minimum atomic E-state index is -0.0320. The Morgan fingerprint density at radius 1 is 1.23 bits per heavy atom. The number of carbonyl (C=O) groups is 1. The van der Waals surface area contributed by atoms with E-state index in [2.05, 4.69) is 15.4 Å². The standard InChI is InChI=1S/C20H25N5O/c1-14(17-5-7-18(8-6-17)25-12-11-21-13-25)22-20(26)10-9-19-15(2)23-24(4)16(19)3/h5-8,11-14H,9-10H2,1-4H3,(H,22,26). The second-order valence-corrected chi connectivity index (χ2v) is 6.62. The molecule has 6 nitrogen and oxygen atoms in total. The molecule has 3 rings (SSSR count). The molecule has 1 amide bonds. The lowest BCUT2D eigenvalue weighted by Crippen LogP contribution is -2.26. The molecular formula is C20H25N5O. The smallest absolute Gasteiger partial charge is 0.220 e. The van der Waals surface area contributed by atoms with Crippen LogP contribution in [0, 0.1) is 13.8 Å². The summed E-state index contributed by atoms with van der Waals surface area (Å²) in [7, 11) is 1.93. The van der Waals surface area contributed by atoms with Gasteiger partial charge in [0, 0.05) is 37.2 Å². The highest BCUT2D eigenvalue weighted by atomic mass is 16.1. The van der Waals surface area contributed by atoms with Gasteiger partial charge in [-0.1, -0.05) is 12.1 Å². The maximum absolute atomic E-state index is 12.3. The van der Waals surface area contributed by atoms with Crippen molar-refractivity contribution in [3.05, 3.63) is 65.5 Å². The summed E-state index contributed by atoms with van der Waals surface area (Å²) >= 11 is 0. The van der Waals surface area contributed by atoms with E-state index in [4.69, 9.17) is 0 Å². The fourth-order valence-electron chi connectivity index (χ4n) is 3.16. The van der Waals surface area contributed by atoms with Crippen molar-refractivity contribution < 1.29 is 4.79 Å². The van der Waals surface area contributed by atoms with Crippen LogP contribution in [-0.2, 0) is 18.3 Å². The van der Waals surface area contributed by atoms with Crippen molar-refractivity contribution in [2.24, 2.45) is 7.05 Å². The van der Waals surface area contributed by atoms with Gasteiger partial charge in [-0.2, -0.15) is 5.10 Å². The molecule has 0 spiro atoms. The lowest BCUT2D eigenvalue weighted by molar-refractivity contribution is -0.121. The summed E-state index contributed by atoms with van der Waals surface area (Å²) in [6.07, 6.45) is 6.60. The fraction of sp³-hybridized carbons (Fsp3) is 0.350. The van der Waals surface area contributed by atoms with Crippen molar-refractivity contribution in [1.29, 1.82) is 0 Å². The SMILES string of the molecule is Cc1nn(C)c(C)c1CCC(=O)NC(C)c1ccc(-n2ccnc2)cc1. The Bertz CT molecular complexity index is 878. The molecular weight excluding hydrogens is 326 g/mol. The van der Waals surface area contributed by atoms with Crippen molar-refractivity contribution in [3.8, 4) is 5.69 Å². The normalized spacial score (nSPS) is 12.2. The molecule has 0 saturated carbocycles. The van der Waals surface area contributed by atoms with E-state index in [9.17, 15) is 4.79 Å². The van der Waals surface area contributed by atoms with Crippen molar-refractivity contribution in [2.75, 3.05) is 0 Å². The van der Waals surface area contributed by atoms with Crippen LogP contribution in [0.1, 0.15) is 41.9 Å². The predicted octanol–water partition coefficient (Wildman–Crippen LogP) is 3.03. The molecule has 2 heterocycles. The van der Waals surface area contributed by atoms with Gasteiger partial charge < -0.3 is 9.88 Å². The first-order valence-electron chi connectivity index (χ1n) is 8.82. The molecule has 0 saturated heterocycles. The van der Waals surface area contributed by atoms with Crippen LogP contribution in [-0.4, -0.2) is 25.2 Å². The van der Waals surface area contributed by atoms with Gasteiger partial charge in [-0.15, -0.1) is 0 Å². The Morgan fingerprint density at radius 3 is 2.54 bits per heavy atom. The number of nitrogens with one attached hydrogen (secondary N) is 1. The molecule has 1 aromatic carbocycles. The Kier molecular flexibility index (Phi) is 5.21. The van der Waals surface area contributed by atoms with E-state index in [1.54, 1.807) is 12.5 Å². The summed E-state index contributed by atoms with van der Waals surface area (Å²) in [5.41, 5.74) is 5.42. The molecule has 0 radical (unpaired) electrons. The third-order valence-electron chi connectivity index (χ3n) is 4.83. The first-order valence-corrected chi connectivity index (χ1v) is 8.82. The molecule has 0 fully saturated rings. The van der Waals surface area contributed by atoms with Crippen LogP contribution in [0.4, 0.5) is 0 Å². The molecule has 0 aliphatic carbocycles. The highest BCUT2D eigenvalue weighted by molar-refractivity contribution is 5.76. The largest absolute Gasteiger partial charge is 0.350 e. The summed E-state index contributed by atoms with van der Waals surface area (Å²) in [5.74, 6) is 0.0545. The molecule has 0 bridgehead atoms. The quantitative estimate of drug-likeness (QED) is 0.742. The van der Waals surface area contributed by atoms with Gasteiger partial charge in [0.2, 0.25) is 5.91 Å². The number of carbonyl (C=O) groups excluding carboxylic acids is 1. The van der Waals surface area contributed by atoms with Crippen LogP contribution in [0.2, 0.25) is 0 Å².